The van der Waals surface area contributed by atoms with E-state index in [2.05, 4.69) is 10.2 Å². The number of hydrogen-bond donors (Lipinski definition) is 2. The van der Waals surface area contributed by atoms with Crippen molar-refractivity contribution in [2.45, 2.75) is 30.8 Å². The molecular formula is C13H16N4O2S. The minimum absolute atomic E-state index is 0.182. The van der Waals surface area contributed by atoms with E-state index in [1.54, 1.807) is 16.7 Å². The van der Waals surface area contributed by atoms with Gasteiger partial charge in [0, 0.05) is 17.9 Å². The van der Waals surface area contributed by atoms with Gasteiger partial charge in [-0.25, -0.2) is 9.89 Å². The van der Waals surface area contributed by atoms with Crippen LogP contribution in [0.5, 0.6) is 0 Å². The Labute approximate surface area is 120 Å². The van der Waals surface area contributed by atoms with Gasteiger partial charge in [0.1, 0.15) is 0 Å². The van der Waals surface area contributed by atoms with Crippen LogP contribution in [0.15, 0.2) is 34.2 Å². The Morgan fingerprint density at radius 3 is 2.70 bits per heavy atom. The maximum absolute atomic E-state index is 11.5. The monoisotopic (exact) mass is 292 g/mol. The van der Waals surface area contributed by atoms with Gasteiger partial charge in [0.25, 0.3) is 0 Å². The Bertz CT molecular complexity index is 645. The van der Waals surface area contributed by atoms with Crippen molar-refractivity contribution in [1.82, 2.24) is 14.8 Å². The molecule has 0 aliphatic carbocycles. The summed E-state index contributed by atoms with van der Waals surface area (Å²) in [4.78, 5) is 22.5. The first-order valence-electron chi connectivity index (χ1n) is 6.28. The first kappa shape index (κ1) is 14.4. The molecule has 1 heterocycles. The van der Waals surface area contributed by atoms with Crippen LogP contribution < -0.4 is 11.4 Å². The summed E-state index contributed by atoms with van der Waals surface area (Å²) >= 11 is 1.48. The van der Waals surface area contributed by atoms with Gasteiger partial charge in [0.2, 0.25) is 5.91 Å². The smallest absolute Gasteiger partial charge is 0.343 e. The molecule has 20 heavy (non-hydrogen) atoms. The number of rotatable bonds is 6. The summed E-state index contributed by atoms with van der Waals surface area (Å²) in [7, 11) is 0. The van der Waals surface area contributed by atoms with Crippen LogP contribution in [-0.4, -0.2) is 20.7 Å². The summed E-state index contributed by atoms with van der Waals surface area (Å²) in [5.41, 5.74) is 6.53. The molecule has 0 radical (unpaired) electrons. The van der Waals surface area contributed by atoms with Gasteiger partial charge in [0.05, 0.1) is 0 Å². The third-order valence-electron chi connectivity index (χ3n) is 2.78. The molecule has 0 saturated heterocycles. The van der Waals surface area contributed by atoms with Crippen LogP contribution >= 0.6 is 11.8 Å². The van der Waals surface area contributed by atoms with Crippen LogP contribution in [0, 0.1) is 0 Å². The van der Waals surface area contributed by atoms with Gasteiger partial charge in [-0.05, 0) is 24.1 Å². The minimum Gasteiger partial charge on any atom is -0.366 e. The fourth-order valence-electron chi connectivity index (χ4n) is 1.75. The summed E-state index contributed by atoms with van der Waals surface area (Å²) in [6.07, 6.45) is 0.875. The fourth-order valence-corrected chi connectivity index (χ4v) is 2.68. The SMILES string of the molecule is CCCn1c(SCc2ccc(C(N)=O)cc2)n[nH]c1=O. The van der Waals surface area contributed by atoms with Gasteiger partial charge in [-0.2, -0.15) is 0 Å². The van der Waals surface area contributed by atoms with Crippen molar-refractivity contribution < 1.29 is 4.79 Å². The number of primary amides is 1. The number of carbonyl (C=O) groups excluding carboxylic acids is 1. The predicted octanol–water partition coefficient (Wildman–Crippen LogP) is 1.37. The molecule has 0 saturated carbocycles. The van der Waals surface area contributed by atoms with E-state index in [4.69, 9.17) is 5.73 Å². The minimum atomic E-state index is -0.437. The lowest BCUT2D eigenvalue weighted by molar-refractivity contribution is 0.100. The normalized spacial score (nSPS) is 10.7. The van der Waals surface area contributed by atoms with Gasteiger partial charge in [-0.1, -0.05) is 30.8 Å². The summed E-state index contributed by atoms with van der Waals surface area (Å²) in [6, 6.07) is 7.09. The quantitative estimate of drug-likeness (QED) is 0.786. The molecule has 6 nitrogen and oxygen atoms in total. The van der Waals surface area contributed by atoms with Crippen molar-refractivity contribution in [3.8, 4) is 0 Å². The van der Waals surface area contributed by atoms with E-state index >= 15 is 0 Å². The Morgan fingerprint density at radius 2 is 2.10 bits per heavy atom. The molecule has 106 valence electrons. The van der Waals surface area contributed by atoms with Crippen LogP contribution in [-0.2, 0) is 12.3 Å². The van der Waals surface area contributed by atoms with Crippen LogP contribution in [0.1, 0.15) is 29.3 Å². The lowest BCUT2D eigenvalue weighted by Gasteiger charge is -2.04. The zero-order valence-corrected chi connectivity index (χ0v) is 11.9. The summed E-state index contributed by atoms with van der Waals surface area (Å²) in [5.74, 6) is 0.237. The van der Waals surface area contributed by atoms with E-state index in [0.29, 0.717) is 23.0 Å². The molecule has 2 rings (SSSR count). The first-order chi connectivity index (χ1) is 9.61. The van der Waals surface area contributed by atoms with Crippen LogP contribution in [0.3, 0.4) is 0 Å². The molecular weight excluding hydrogens is 276 g/mol. The predicted molar refractivity (Wildman–Crippen MR) is 77.7 cm³/mol. The molecule has 3 N–H and O–H groups in total. The number of nitrogens with zero attached hydrogens (tertiary/aromatic N) is 2. The van der Waals surface area contributed by atoms with Crippen molar-refractivity contribution in [3.05, 3.63) is 45.9 Å². The number of aromatic amines is 1. The molecule has 1 aromatic carbocycles. The van der Waals surface area contributed by atoms with Crippen molar-refractivity contribution in [2.75, 3.05) is 0 Å². The summed E-state index contributed by atoms with van der Waals surface area (Å²) in [6.45, 7) is 2.66. The van der Waals surface area contributed by atoms with E-state index in [0.717, 1.165) is 12.0 Å². The van der Waals surface area contributed by atoms with Gasteiger partial charge in [-0.15, -0.1) is 5.10 Å². The Hall–Kier alpha value is -2.02. The highest BCUT2D eigenvalue weighted by atomic mass is 32.2. The van der Waals surface area contributed by atoms with Crippen molar-refractivity contribution in [2.24, 2.45) is 5.73 Å². The second-order valence-corrected chi connectivity index (χ2v) is 5.26. The Kier molecular flexibility index (Phi) is 4.62. The van der Waals surface area contributed by atoms with Gasteiger partial charge < -0.3 is 5.73 Å². The fraction of sp³-hybridized carbons (Fsp3) is 0.308. The molecule has 0 fully saturated rings. The zero-order valence-electron chi connectivity index (χ0n) is 11.1. The highest BCUT2D eigenvalue weighted by molar-refractivity contribution is 7.98. The molecule has 2 aromatic rings. The number of carbonyl (C=O) groups is 1. The molecule has 0 unspecified atom stereocenters. The summed E-state index contributed by atoms with van der Waals surface area (Å²) in [5, 5.41) is 7.14. The lowest BCUT2D eigenvalue weighted by atomic mass is 10.1. The van der Waals surface area contributed by atoms with Gasteiger partial charge in [0.15, 0.2) is 5.16 Å². The largest absolute Gasteiger partial charge is 0.366 e. The molecule has 0 spiro atoms. The lowest BCUT2D eigenvalue weighted by Crippen LogP contribution is -2.17. The van der Waals surface area contributed by atoms with Gasteiger partial charge in [-0.3, -0.25) is 9.36 Å². The molecule has 0 atom stereocenters. The van der Waals surface area contributed by atoms with Crippen molar-refractivity contribution in [3.63, 3.8) is 0 Å². The second-order valence-electron chi connectivity index (χ2n) is 4.31. The van der Waals surface area contributed by atoms with E-state index < -0.39 is 5.91 Å². The maximum atomic E-state index is 11.5. The molecule has 0 aliphatic heterocycles. The van der Waals surface area contributed by atoms with Crippen LogP contribution in [0.4, 0.5) is 0 Å². The van der Waals surface area contributed by atoms with E-state index in [-0.39, 0.29) is 5.69 Å². The highest BCUT2D eigenvalue weighted by Crippen LogP contribution is 2.20. The number of nitrogens with one attached hydrogen (secondary N) is 1. The Morgan fingerprint density at radius 1 is 1.40 bits per heavy atom. The van der Waals surface area contributed by atoms with E-state index in [1.807, 2.05) is 19.1 Å². The van der Waals surface area contributed by atoms with E-state index in [9.17, 15) is 9.59 Å². The van der Waals surface area contributed by atoms with Crippen LogP contribution in [0.25, 0.3) is 0 Å². The Balaban J connectivity index is 2.05. The van der Waals surface area contributed by atoms with Crippen molar-refractivity contribution >= 4 is 17.7 Å². The number of hydrogen-bond acceptors (Lipinski definition) is 4. The van der Waals surface area contributed by atoms with Crippen LogP contribution in [0.2, 0.25) is 0 Å². The van der Waals surface area contributed by atoms with E-state index in [1.165, 1.54) is 11.8 Å². The number of thioether (sulfide) groups is 1. The molecule has 1 aromatic heterocycles. The number of amides is 1. The molecule has 7 heteroatoms. The zero-order chi connectivity index (χ0) is 14.5. The average molecular weight is 292 g/mol. The van der Waals surface area contributed by atoms with Crippen molar-refractivity contribution in [1.29, 1.82) is 0 Å². The summed E-state index contributed by atoms with van der Waals surface area (Å²) < 4.78 is 1.63. The second kappa shape index (κ2) is 6.42. The first-order valence-corrected chi connectivity index (χ1v) is 7.27. The standard InChI is InChI=1S/C13H16N4O2S/c1-2-7-17-12(19)15-16-13(17)20-8-9-3-5-10(6-4-9)11(14)18/h3-6H,2,7-8H2,1H3,(H2,14,18)(H,15,19). The highest BCUT2D eigenvalue weighted by Gasteiger charge is 2.08. The molecule has 0 bridgehead atoms. The molecule has 0 aliphatic rings. The number of benzene rings is 1. The molecule has 1 amide bonds. The number of H-pyrrole nitrogens is 1. The maximum Gasteiger partial charge on any atom is 0.343 e. The third-order valence-corrected chi connectivity index (χ3v) is 3.82. The third kappa shape index (κ3) is 3.30. The number of nitrogens with two attached hydrogens (primary N) is 1. The average Bonchev–Trinajstić information content (AvgIpc) is 2.79. The number of aromatic nitrogens is 3. The van der Waals surface area contributed by atoms with Gasteiger partial charge >= 0.3 is 5.69 Å². The topological polar surface area (TPSA) is 93.8 Å².